The van der Waals surface area contributed by atoms with Gasteiger partial charge >= 0.3 is 5.97 Å². The monoisotopic (exact) mass is 192 g/mol. The van der Waals surface area contributed by atoms with Crippen molar-refractivity contribution in [2.24, 2.45) is 0 Å². The highest BCUT2D eigenvalue weighted by atomic mass is 16.4. The van der Waals surface area contributed by atoms with E-state index < -0.39 is 5.97 Å². The smallest absolute Gasteiger partial charge is 0.354 e. The first kappa shape index (κ1) is 8.99. The average molecular weight is 192 g/mol. The quantitative estimate of drug-likeness (QED) is 0.765. The molecule has 1 heterocycles. The zero-order valence-electron chi connectivity index (χ0n) is 7.95. The number of aromatic carboxylic acids is 1. The van der Waals surface area contributed by atoms with Gasteiger partial charge in [-0.1, -0.05) is 0 Å². The molecule has 2 rings (SSSR count). The minimum Gasteiger partial charge on any atom is -0.477 e. The Kier molecular flexibility index (Phi) is 1.91. The van der Waals surface area contributed by atoms with Crippen molar-refractivity contribution in [2.75, 3.05) is 5.32 Å². The highest BCUT2D eigenvalue weighted by Crippen LogP contribution is 2.37. The van der Waals surface area contributed by atoms with Crippen LogP contribution in [-0.2, 0) is 0 Å². The minimum atomic E-state index is -0.991. The summed E-state index contributed by atoms with van der Waals surface area (Å²) in [7, 11) is 0. The fraction of sp³-hybridized carbons (Fsp3) is 0.400. The Labute approximate surface area is 82.0 Å². The Morgan fingerprint density at radius 2 is 2.29 bits per heavy atom. The van der Waals surface area contributed by atoms with E-state index in [1.54, 1.807) is 12.3 Å². The number of carbonyl (C=O) groups is 1. The number of anilines is 1. The number of carboxylic acid groups (broad SMARTS) is 1. The fourth-order valence-electron chi connectivity index (χ4n) is 1.26. The van der Waals surface area contributed by atoms with Crippen molar-refractivity contribution in [3.63, 3.8) is 0 Å². The molecule has 2 N–H and O–H groups in total. The van der Waals surface area contributed by atoms with Gasteiger partial charge in [0.15, 0.2) is 0 Å². The lowest BCUT2D eigenvalue weighted by Crippen LogP contribution is -2.16. The number of nitrogens with zero attached hydrogens (tertiary/aromatic N) is 1. The SMILES string of the molecule is CC1(Nc2ccc(C(=O)O)nc2)CC1. The average Bonchev–Trinajstić information content (AvgIpc) is 2.84. The summed E-state index contributed by atoms with van der Waals surface area (Å²) in [6, 6.07) is 3.26. The highest BCUT2D eigenvalue weighted by Gasteiger charge is 2.36. The van der Waals surface area contributed by atoms with E-state index in [0.29, 0.717) is 0 Å². The van der Waals surface area contributed by atoms with E-state index in [1.807, 2.05) is 0 Å². The maximum Gasteiger partial charge on any atom is 0.354 e. The van der Waals surface area contributed by atoms with Crippen molar-refractivity contribution in [1.29, 1.82) is 0 Å². The molecular formula is C10H12N2O2. The van der Waals surface area contributed by atoms with Crippen LogP contribution in [0.1, 0.15) is 30.3 Å². The molecule has 0 bridgehead atoms. The molecule has 4 nitrogen and oxygen atoms in total. The Morgan fingerprint density at radius 3 is 2.71 bits per heavy atom. The molecule has 0 radical (unpaired) electrons. The molecule has 1 fully saturated rings. The van der Waals surface area contributed by atoms with Crippen molar-refractivity contribution in [2.45, 2.75) is 25.3 Å². The second-order valence-corrected chi connectivity index (χ2v) is 3.92. The third-order valence-corrected chi connectivity index (χ3v) is 2.43. The Balaban J connectivity index is 2.10. The molecule has 0 aromatic carbocycles. The number of carboxylic acids is 1. The van der Waals surface area contributed by atoms with Crippen LogP contribution >= 0.6 is 0 Å². The number of rotatable bonds is 3. The Bertz CT molecular complexity index is 355. The van der Waals surface area contributed by atoms with E-state index in [-0.39, 0.29) is 11.2 Å². The summed E-state index contributed by atoms with van der Waals surface area (Å²) in [4.78, 5) is 14.4. The molecule has 0 unspecified atom stereocenters. The molecule has 1 aliphatic carbocycles. The van der Waals surface area contributed by atoms with Crippen molar-refractivity contribution in [3.8, 4) is 0 Å². The summed E-state index contributed by atoms with van der Waals surface area (Å²) in [5, 5.41) is 11.9. The highest BCUT2D eigenvalue weighted by molar-refractivity contribution is 5.85. The third-order valence-electron chi connectivity index (χ3n) is 2.43. The largest absolute Gasteiger partial charge is 0.477 e. The maximum absolute atomic E-state index is 10.5. The minimum absolute atomic E-state index is 0.0801. The summed E-state index contributed by atoms with van der Waals surface area (Å²) in [5.74, 6) is -0.991. The molecule has 1 aromatic rings. The van der Waals surface area contributed by atoms with Gasteiger partial charge in [-0.3, -0.25) is 0 Å². The van der Waals surface area contributed by atoms with Crippen LogP contribution in [0.15, 0.2) is 18.3 Å². The topological polar surface area (TPSA) is 62.2 Å². The first-order chi connectivity index (χ1) is 6.59. The zero-order chi connectivity index (χ0) is 10.2. The Hall–Kier alpha value is -1.58. The normalized spacial score (nSPS) is 17.5. The van der Waals surface area contributed by atoms with E-state index in [2.05, 4.69) is 17.2 Å². The van der Waals surface area contributed by atoms with E-state index >= 15 is 0 Å². The molecule has 0 atom stereocenters. The van der Waals surface area contributed by atoms with Gasteiger partial charge < -0.3 is 10.4 Å². The molecule has 0 saturated heterocycles. The van der Waals surface area contributed by atoms with Crippen LogP contribution in [0.3, 0.4) is 0 Å². The molecular weight excluding hydrogens is 180 g/mol. The predicted molar refractivity (Wildman–Crippen MR) is 52.5 cm³/mol. The summed E-state index contributed by atoms with van der Waals surface area (Å²) >= 11 is 0. The molecule has 0 amide bonds. The lowest BCUT2D eigenvalue weighted by Gasteiger charge is -2.12. The summed E-state index contributed by atoms with van der Waals surface area (Å²) in [6.07, 6.45) is 3.88. The van der Waals surface area contributed by atoms with Crippen molar-refractivity contribution < 1.29 is 9.90 Å². The van der Waals surface area contributed by atoms with Gasteiger partial charge in [0.25, 0.3) is 0 Å². The number of aromatic nitrogens is 1. The first-order valence-electron chi connectivity index (χ1n) is 4.57. The number of hydrogen-bond acceptors (Lipinski definition) is 3. The van der Waals surface area contributed by atoms with Crippen LogP contribution in [0.25, 0.3) is 0 Å². The second kappa shape index (κ2) is 2.97. The molecule has 1 saturated carbocycles. The van der Waals surface area contributed by atoms with E-state index in [1.165, 1.54) is 6.07 Å². The van der Waals surface area contributed by atoms with Crippen LogP contribution in [-0.4, -0.2) is 21.6 Å². The molecule has 1 aliphatic rings. The molecule has 0 spiro atoms. The third kappa shape index (κ3) is 1.84. The maximum atomic E-state index is 10.5. The van der Waals surface area contributed by atoms with E-state index in [0.717, 1.165) is 18.5 Å². The van der Waals surface area contributed by atoms with Gasteiger partial charge in [-0.05, 0) is 31.9 Å². The lowest BCUT2D eigenvalue weighted by atomic mass is 10.3. The standard InChI is InChI=1S/C10H12N2O2/c1-10(4-5-10)12-7-2-3-8(9(13)14)11-6-7/h2-3,6,12H,4-5H2,1H3,(H,13,14). The van der Waals surface area contributed by atoms with Gasteiger partial charge in [0.1, 0.15) is 5.69 Å². The summed E-state index contributed by atoms with van der Waals surface area (Å²) < 4.78 is 0. The molecule has 4 heteroatoms. The first-order valence-corrected chi connectivity index (χ1v) is 4.57. The summed E-state index contributed by atoms with van der Waals surface area (Å²) in [5.41, 5.74) is 1.17. The fourth-order valence-corrected chi connectivity index (χ4v) is 1.26. The molecule has 74 valence electrons. The van der Waals surface area contributed by atoms with Gasteiger partial charge in [0.2, 0.25) is 0 Å². The van der Waals surface area contributed by atoms with Gasteiger partial charge in [-0.25, -0.2) is 9.78 Å². The number of pyridine rings is 1. The van der Waals surface area contributed by atoms with Crippen molar-refractivity contribution in [1.82, 2.24) is 4.98 Å². The van der Waals surface area contributed by atoms with E-state index in [9.17, 15) is 4.79 Å². The second-order valence-electron chi connectivity index (χ2n) is 3.92. The number of nitrogens with one attached hydrogen (secondary N) is 1. The van der Waals surface area contributed by atoms with Gasteiger partial charge in [0, 0.05) is 5.54 Å². The van der Waals surface area contributed by atoms with Crippen LogP contribution in [0.5, 0.6) is 0 Å². The van der Waals surface area contributed by atoms with Crippen LogP contribution in [0.2, 0.25) is 0 Å². The van der Waals surface area contributed by atoms with Crippen LogP contribution < -0.4 is 5.32 Å². The van der Waals surface area contributed by atoms with Gasteiger partial charge in [-0.15, -0.1) is 0 Å². The van der Waals surface area contributed by atoms with Gasteiger partial charge in [0.05, 0.1) is 11.9 Å². The molecule has 0 aliphatic heterocycles. The molecule has 14 heavy (non-hydrogen) atoms. The van der Waals surface area contributed by atoms with E-state index in [4.69, 9.17) is 5.11 Å². The van der Waals surface area contributed by atoms with Crippen molar-refractivity contribution >= 4 is 11.7 Å². The number of hydrogen-bond donors (Lipinski definition) is 2. The van der Waals surface area contributed by atoms with Crippen LogP contribution in [0, 0.1) is 0 Å². The van der Waals surface area contributed by atoms with Crippen molar-refractivity contribution in [3.05, 3.63) is 24.0 Å². The zero-order valence-corrected chi connectivity index (χ0v) is 7.95. The lowest BCUT2D eigenvalue weighted by molar-refractivity contribution is 0.0690. The summed E-state index contributed by atoms with van der Waals surface area (Å²) in [6.45, 7) is 2.14. The molecule has 1 aromatic heterocycles. The van der Waals surface area contributed by atoms with Crippen LogP contribution in [0.4, 0.5) is 5.69 Å². The predicted octanol–water partition coefficient (Wildman–Crippen LogP) is 1.74. The Morgan fingerprint density at radius 1 is 1.57 bits per heavy atom. The van der Waals surface area contributed by atoms with Gasteiger partial charge in [-0.2, -0.15) is 0 Å².